The van der Waals surface area contributed by atoms with Gasteiger partial charge in [0.1, 0.15) is 18.5 Å². The molecule has 45 heavy (non-hydrogen) atoms. The Bertz CT molecular complexity index is 1710. The molecule has 236 valence electrons. The summed E-state index contributed by atoms with van der Waals surface area (Å²) in [6.45, 7) is 3.35. The Balaban J connectivity index is 1.47. The van der Waals surface area contributed by atoms with Crippen molar-refractivity contribution < 1.29 is 36.7 Å². The van der Waals surface area contributed by atoms with Crippen LogP contribution in [0.2, 0.25) is 0 Å². The van der Waals surface area contributed by atoms with E-state index in [1.807, 2.05) is 44.2 Å². The number of hydrogen-bond acceptors (Lipinski definition) is 7. The zero-order valence-corrected chi connectivity index (χ0v) is 25.5. The maximum Gasteiger partial charge on any atom is 0.338 e. The second-order valence-electron chi connectivity index (χ2n) is 10.7. The molecule has 3 aromatic rings. The van der Waals surface area contributed by atoms with Crippen molar-refractivity contribution in [3.8, 4) is 0 Å². The summed E-state index contributed by atoms with van der Waals surface area (Å²) >= 11 is 0. The third-order valence-corrected chi connectivity index (χ3v) is 7.80. The van der Waals surface area contributed by atoms with E-state index in [1.54, 1.807) is 12.1 Å². The zero-order chi connectivity index (χ0) is 32.5. The first-order valence-electron chi connectivity index (χ1n) is 14.2. The number of amides is 4. The van der Waals surface area contributed by atoms with Crippen LogP contribution in [0.3, 0.4) is 0 Å². The van der Waals surface area contributed by atoms with Gasteiger partial charge in [-0.15, -0.1) is 0 Å². The van der Waals surface area contributed by atoms with E-state index in [0.29, 0.717) is 0 Å². The van der Waals surface area contributed by atoms with E-state index in [1.165, 1.54) is 36.4 Å². The quantitative estimate of drug-likeness (QED) is 0.228. The molecule has 1 heterocycles. The van der Waals surface area contributed by atoms with Gasteiger partial charge < -0.3 is 25.6 Å². The van der Waals surface area contributed by atoms with Crippen molar-refractivity contribution in [2.24, 2.45) is 5.92 Å². The molecule has 0 aliphatic carbocycles. The lowest BCUT2D eigenvalue weighted by atomic mass is 10.0. The molecular weight excluding hydrogens is 603 g/mol. The maximum absolute atomic E-state index is 14.9. The molecule has 4 amide bonds. The molecule has 0 bridgehead atoms. The molecule has 1 saturated heterocycles. The van der Waals surface area contributed by atoms with Gasteiger partial charge in [0.25, 0.3) is 0 Å². The van der Waals surface area contributed by atoms with Crippen molar-refractivity contribution in [2.75, 3.05) is 18.4 Å². The number of benzene rings is 3. The Morgan fingerprint density at radius 2 is 1.67 bits per heavy atom. The van der Waals surface area contributed by atoms with Gasteiger partial charge in [0.15, 0.2) is 0 Å². The molecule has 3 N–H and O–H groups in total. The highest BCUT2D eigenvalue weighted by molar-refractivity contribution is 7.73. The van der Waals surface area contributed by atoms with Crippen molar-refractivity contribution in [1.82, 2.24) is 15.5 Å². The maximum atomic E-state index is 14.9. The van der Waals surface area contributed by atoms with Crippen LogP contribution in [0.5, 0.6) is 0 Å². The van der Waals surface area contributed by atoms with Gasteiger partial charge in [0.2, 0.25) is 22.1 Å². The molecule has 13 heteroatoms. The van der Waals surface area contributed by atoms with Crippen molar-refractivity contribution in [1.29, 1.82) is 0 Å². The predicted octanol–water partition coefficient (Wildman–Crippen LogP) is 3.47. The highest BCUT2D eigenvalue weighted by Gasteiger charge is 2.47. The fourth-order valence-corrected chi connectivity index (χ4v) is 5.54. The van der Waals surface area contributed by atoms with E-state index >= 15 is 0 Å². The molecule has 0 aromatic heterocycles. The van der Waals surface area contributed by atoms with E-state index in [9.17, 15) is 32.0 Å². The number of nitrogens with one attached hydrogen (secondary N) is 3. The number of carbonyl (C=O) groups excluding carboxylic acids is 4. The van der Waals surface area contributed by atoms with Gasteiger partial charge in [-0.3, -0.25) is 9.59 Å². The summed E-state index contributed by atoms with van der Waals surface area (Å²) in [5, 5.41) is 7.58. The zero-order valence-electron chi connectivity index (χ0n) is 24.7. The van der Waals surface area contributed by atoms with Crippen molar-refractivity contribution in [3.05, 3.63) is 101 Å². The summed E-state index contributed by atoms with van der Waals surface area (Å²) in [7, 11) is -2.85. The van der Waals surface area contributed by atoms with E-state index in [2.05, 4.69) is 16.0 Å². The van der Waals surface area contributed by atoms with Crippen LogP contribution < -0.4 is 16.0 Å². The Kier molecular flexibility index (Phi) is 11.0. The second-order valence-corrected chi connectivity index (χ2v) is 11.7. The topological polar surface area (TPSA) is 151 Å². The van der Waals surface area contributed by atoms with Gasteiger partial charge in [-0.1, -0.05) is 68.4 Å². The number of carbonyl (C=O) groups is 4. The minimum absolute atomic E-state index is 0.0355. The summed E-state index contributed by atoms with van der Waals surface area (Å²) in [6.07, 6.45) is -0.290. The lowest BCUT2D eigenvalue weighted by Crippen LogP contribution is -2.52. The van der Waals surface area contributed by atoms with Crippen LogP contribution in [0.15, 0.2) is 78.9 Å². The molecule has 3 aromatic carbocycles. The van der Waals surface area contributed by atoms with Crippen LogP contribution in [-0.4, -0.2) is 61.1 Å². The standard InChI is InChI=1S/C32H33FN4O7S/c1-20(2)17-34-30(39)29-27(45(42)43)16-26(24-13-6-7-14-25(24)33)37(29)28(38)18-35-32(41)36-23-12-8-11-22(15-23)31(40)44-19-21-9-4-3-5-10-21/h3-15,20,26,29H,16-19H2,1-2H3,(H,34,39)(H2,35,36,41). The third kappa shape index (κ3) is 8.54. The molecular formula is C32H33FN4O7S. The second kappa shape index (κ2) is 15.1. The highest BCUT2D eigenvalue weighted by Crippen LogP contribution is 2.36. The number of hydrogen-bond donors (Lipinski definition) is 3. The number of urea groups is 1. The van der Waals surface area contributed by atoms with Crippen LogP contribution in [0.1, 0.15) is 47.8 Å². The number of esters is 1. The molecule has 4 rings (SSSR count). The van der Waals surface area contributed by atoms with Crippen LogP contribution >= 0.6 is 0 Å². The van der Waals surface area contributed by atoms with Gasteiger partial charge in [0, 0.05) is 24.2 Å². The molecule has 2 atom stereocenters. The SMILES string of the molecule is CC(C)CNC(=O)C1C(=S(=O)=O)CC(c2ccccc2F)N1C(=O)CNC(=O)Nc1cccc(C(=O)OCc2ccccc2)c1. The van der Waals surface area contributed by atoms with E-state index < -0.39 is 58.6 Å². The number of nitrogens with zero attached hydrogens (tertiary/aromatic N) is 1. The summed E-state index contributed by atoms with van der Waals surface area (Å²) in [5.74, 6) is -2.77. The summed E-state index contributed by atoms with van der Waals surface area (Å²) < 4.78 is 44.5. The van der Waals surface area contributed by atoms with Gasteiger partial charge >= 0.3 is 12.0 Å². The summed E-state index contributed by atoms with van der Waals surface area (Å²) in [6, 6.07) is 17.3. The first-order valence-corrected chi connectivity index (χ1v) is 15.3. The molecule has 0 saturated carbocycles. The predicted molar refractivity (Wildman–Crippen MR) is 165 cm³/mol. The van der Waals surface area contributed by atoms with E-state index in [4.69, 9.17) is 4.74 Å². The van der Waals surface area contributed by atoms with E-state index in [0.717, 1.165) is 10.5 Å². The van der Waals surface area contributed by atoms with Gasteiger partial charge in [-0.25, -0.2) is 14.0 Å². The normalized spacial score (nSPS) is 15.8. The lowest BCUT2D eigenvalue weighted by Gasteiger charge is -2.30. The van der Waals surface area contributed by atoms with E-state index in [-0.39, 0.29) is 47.2 Å². The molecule has 11 nitrogen and oxygen atoms in total. The third-order valence-electron chi connectivity index (χ3n) is 6.98. The molecule has 1 aliphatic heterocycles. The van der Waals surface area contributed by atoms with Crippen LogP contribution in [0, 0.1) is 11.7 Å². The minimum atomic E-state index is -2.85. The fraction of sp³-hybridized carbons (Fsp3) is 0.281. The number of anilines is 1. The largest absolute Gasteiger partial charge is 0.457 e. The molecule has 0 spiro atoms. The van der Waals surface area contributed by atoms with Gasteiger partial charge in [-0.05, 0) is 35.7 Å². The number of halogens is 1. The van der Waals surface area contributed by atoms with Gasteiger partial charge in [-0.2, -0.15) is 8.42 Å². The van der Waals surface area contributed by atoms with Crippen molar-refractivity contribution in [2.45, 2.75) is 39.0 Å². The van der Waals surface area contributed by atoms with Crippen LogP contribution in [0.25, 0.3) is 0 Å². The first-order chi connectivity index (χ1) is 21.5. The first kappa shape index (κ1) is 32.9. The molecule has 1 fully saturated rings. The lowest BCUT2D eigenvalue weighted by molar-refractivity contribution is -0.138. The Morgan fingerprint density at radius 3 is 2.36 bits per heavy atom. The Hall–Kier alpha value is -5.04. The smallest absolute Gasteiger partial charge is 0.338 e. The highest BCUT2D eigenvalue weighted by atomic mass is 32.2. The van der Waals surface area contributed by atoms with Crippen molar-refractivity contribution in [3.63, 3.8) is 0 Å². The Morgan fingerprint density at radius 1 is 0.956 bits per heavy atom. The average molecular weight is 637 g/mol. The van der Waals surface area contributed by atoms with Crippen LogP contribution in [0.4, 0.5) is 14.9 Å². The Labute approximate surface area is 261 Å². The van der Waals surface area contributed by atoms with Crippen LogP contribution in [-0.2, 0) is 31.2 Å². The number of likely N-dealkylation sites (tertiary alicyclic amines) is 1. The number of rotatable bonds is 10. The summed E-state index contributed by atoms with van der Waals surface area (Å²) in [4.78, 5) is 52.8. The average Bonchev–Trinajstić information content (AvgIpc) is 3.43. The molecule has 2 unspecified atom stereocenters. The molecule has 0 radical (unpaired) electrons. The molecule has 1 aliphatic rings. The number of ether oxygens (including phenoxy) is 1. The van der Waals surface area contributed by atoms with Crippen molar-refractivity contribution >= 4 is 44.7 Å². The fourth-order valence-electron chi connectivity index (χ4n) is 4.84. The van der Waals surface area contributed by atoms with Gasteiger partial charge in [0.05, 0.1) is 23.0 Å². The minimum Gasteiger partial charge on any atom is -0.457 e. The monoisotopic (exact) mass is 636 g/mol. The summed E-state index contributed by atoms with van der Waals surface area (Å²) in [5.41, 5.74) is 1.27.